The summed E-state index contributed by atoms with van der Waals surface area (Å²) in [6.45, 7) is 10.9. The lowest BCUT2D eigenvalue weighted by atomic mass is 10.1. The number of likely N-dealkylation sites (N-methyl/N-ethyl adjacent to an activating group) is 1. The number of benzene rings is 1. The Morgan fingerprint density at radius 1 is 1.12 bits per heavy atom. The second-order valence-electron chi connectivity index (χ2n) is 6.60. The van der Waals surface area contributed by atoms with E-state index in [9.17, 15) is 9.59 Å². The molecule has 1 saturated heterocycles. The van der Waals surface area contributed by atoms with E-state index in [1.807, 2.05) is 35.4 Å². The van der Waals surface area contributed by atoms with E-state index in [-0.39, 0.29) is 17.9 Å². The summed E-state index contributed by atoms with van der Waals surface area (Å²) in [5, 5.41) is 0.715. The van der Waals surface area contributed by atoms with Gasteiger partial charge in [-0.05, 0) is 37.6 Å². The highest BCUT2D eigenvalue weighted by molar-refractivity contribution is 5.85. The predicted molar refractivity (Wildman–Crippen MR) is 96.4 cm³/mol. The number of piperazine rings is 1. The Morgan fingerprint density at radius 2 is 1.83 bits per heavy atom. The van der Waals surface area contributed by atoms with Crippen molar-refractivity contribution in [2.24, 2.45) is 0 Å². The molecule has 0 saturated carbocycles. The van der Waals surface area contributed by atoms with Crippen LogP contribution in [0.3, 0.4) is 0 Å². The van der Waals surface area contributed by atoms with Crippen LogP contribution in [-0.2, 0) is 11.3 Å². The molecule has 24 heavy (non-hydrogen) atoms. The molecule has 3 rings (SSSR count). The first-order valence-corrected chi connectivity index (χ1v) is 8.60. The summed E-state index contributed by atoms with van der Waals surface area (Å²) in [7, 11) is 0. The minimum absolute atomic E-state index is 0.0164. The highest BCUT2D eigenvalue weighted by Gasteiger charge is 2.20. The predicted octanol–water partition coefficient (Wildman–Crippen LogP) is 1.78. The van der Waals surface area contributed by atoms with Crippen molar-refractivity contribution in [2.75, 3.05) is 32.7 Å². The second-order valence-corrected chi connectivity index (χ2v) is 6.60. The van der Waals surface area contributed by atoms with E-state index >= 15 is 0 Å². The van der Waals surface area contributed by atoms with Gasteiger partial charge < -0.3 is 14.4 Å². The SMILES string of the molecule is CCN1CCN(C(=O)Cn2ccc(=O)c3c(C)cc(C)cc32)CC1. The lowest BCUT2D eigenvalue weighted by Crippen LogP contribution is -2.49. The average Bonchev–Trinajstić information content (AvgIpc) is 2.57. The largest absolute Gasteiger partial charge is 0.339 e. The first-order chi connectivity index (χ1) is 11.5. The number of pyridine rings is 1. The fourth-order valence-electron chi connectivity index (χ4n) is 3.51. The number of carbonyl (C=O) groups excluding carboxylic acids is 1. The summed E-state index contributed by atoms with van der Waals surface area (Å²) in [6.07, 6.45) is 1.74. The maximum atomic E-state index is 12.7. The number of rotatable bonds is 3. The van der Waals surface area contributed by atoms with Crippen molar-refractivity contribution in [2.45, 2.75) is 27.3 Å². The van der Waals surface area contributed by atoms with E-state index in [4.69, 9.17) is 0 Å². The zero-order valence-corrected chi connectivity index (χ0v) is 14.7. The van der Waals surface area contributed by atoms with Gasteiger partial charge >= 0.3 is 0 Å². The topological polar surface area (TPSA) is 45.5 Å². The normalized spacial score (nSPS) is 15.9. The van der Waals surface area contributed by atoms with Crippen molar-refractivity contribution in [3.8, 4) is 0 Å². The molecule has 1 aliphatic rings. The fourth-order valence-corrected chi connectivity index (χ4v) is 3.51. The number of aromatic nitrogens is 1. The average molecular weight is 327 g/mol. The van der Waals surface area contributed by atoms with Crippen LogP contribution in [0.15, 0.2) is 29.2 Å². The number of carbonyl (C=O) groups is 1. The zero-order chi connectivity index (χ0) is 17.3. The summed E-state index contributed by atoms with van der Waals surface area (Å²) < 4.78 is 1.91. The number of aryl methyl sites for hydroxylation is 2. The molecule has 128 valence electrons. The van der Waals surface area contributed by atoms with Crippen LogP contribution in [0.5, 0.6) is 0 Å². The molecule has 5 heteroatoms. The Balaban J connectivity index is 1.87. The van der Waals surface area contributed by atoms with Crippen LogP contribution in [0.2, 0.25) is 0 Å². The fraction of sp³-hybridized carbons (Fsp3) is 0.474. The van der Waals surface area contributed by atoms with Crippen molar-refractivity contribution >= 4 is 16.8 Å². The summed E-state index contributed by atoms with van der Waals surface area (Å²) in [4.78, 5) is 29.2. The van der Waals surface area contributed by atoms with E-state index in [0.717, 1.165) is 49.4 Å². The first kappa shape index (κ1) is 16.7. The van der Waals surface area contributed by atoms with Gasteiger partial charge in [-0.25, -0.2) is 0 Å². The third-order valence-electron chi connectivity index (χ3n) is 4.90. The van der Waals surface area contributed by atoms with Crippen molar-refractivity contribution in [3.05, 3.63) is 45.7 Å². The minimum Gasteiger partial charge on any atom is -0.339 e. The highest BCUT2D eigenvalue weighted by atomic mass is 16.2. The maximum Gasteiger partial charge on any atom is 0.242 e. The molecular formula is C19H25N3O2. The van der Waals surface area contributed by atoms with Crippen LogP contribution in [-0.4, -0.2) is 53.0 Å². The van der Waals surface area contributed by atoms with E-state index < -0.39 is 0 Å². The smallest absolute Gasteiger partial charge is 0.242 e. The van der Waals surface area contributed by atoms with Crippen LogP contribution < -0.4 is 5.43 Å². The van der Waals surface area contributed by atoms with Gasteiger partial charge in [0.2, 0.25) is 5.91 Å². The van der Waals surface area contributed by atoms with Crippen LogP contribution in [0.1, 0.15) is 18.1 Å². The van der Waals surface area contributed by atoms with Gasteiger partial charge in [0.25, 0.3) is 0 Å². The number of hydrogen-bond acceptors (Lipinski definition) is 3. The van der Waals surface area contributed by atoms with Crippen molar-refractivity contribution in [1.29, 1.82) is 0 Å². The Hall–Kier alpha value is -2.14. The van der Waals surface area contributed by atoms with Crippen LogP contribution in [0.25, 0.3) is 10.9 Å². The monoisotopic (exact) mass is 327 g/mol. The summed E-state index contributed by atoms with van der Waals surface area (Å²) in [6, 6.07) is 5.57. The molecule has 1 amide bonds. The standard InChI is InChI=1S/C19H25N3O2/c1-4-20-7-9-21(10-8-20)18(24)13-22-6-5-17(23)19-15(3)11-14(2)12-16(19)22/h5-6,11-12H,4,7-10,13H2,1-3H3. The van der Waals surface area contributed by atoms with Crippen molar-refractivity contribution < 1.29 is 4.79 Å². The second kappa shape index (κ2) is 6.77. The Bertz CT molecular complexity index is 817. The third kappa shape index (κ3) is 3.22. The molecule has 1 fully saturated rings. The molecule has 0 unspecified atom stereocenters. The third-order valence-corrected chi connectivity index (χ3v) is 4.90. The Morgan fingerprint density at radius 3 is 2.50 bits per heavy atom. The minimum atomic E-state index is 0.0164. The lowest BCUT2D eigenvalue weighted by Gasteiger charge is -2.34. The van der Waals surface area contributed by atoms with E-state index in [1.165, 1.54) is 0 Å². The van der Waals surface area contributed by atoms with Gasteiger partial charge in [-0.15, -0.1) is 0 Å². The molecule has 5 nitrogen and oxygen atoms in total. The quantitative estimate of drug-likeness (QED) is 0.863. The molecule has 0 aliphatic carbocycles. The van der Waals surface area contributed by atoms with Gasteiger partial charge in [-0.3, -0.25) is 9.59 Å². The summed E-state index contributed by atoms with van der Waals surface area (Å²) >= 11 is 0. The van der Waals surface area contributed by atoms with Crippen LogP contribution in [0.4, 0.5) is 0 Å². The molecule has 2 aromatic rings. The molecule has 1 aliphatic heterocycles. The maximum absolute atomic E-state index is 12.7. The molecule has 0 bridgehead atoms. The van der Waals surface area contributed by atoms with E-state index in [0.29, 0.717) is 5.39 Å². The summed E-state index contributed by atoms with van der Waals surface area (Å²) in [5.41, 5.74) is 2.93. The van der Waals surface area contributed by atoms with Crippen LogP contribution in [0, 0.1) is 13.8 Å². The molecule has 2 heterocycles. The van der Waals surface area contributed by atoms with Crippen molar-refractivity contribution in [1.82, 2.24) is 14.4 Å². The number of amides is 1. The van der Waals surface area contributed by atoms with Crippen LogP contribution >= 0.6 is 0 Å². The van der Waals surface area contributed by atoms with Gasteiger partial charge in [0.05, 0.1) is 5.52 Å². The molecule has 0 radical (unpaired) electrons. The molecule has 0 spiro atoms. The van der Waals surface area contributed by atoms with Gasteiger partial charge in [-0.1, -0.05) is 13.0 Å². The Kier molecular flexibility index (Phi) is 4.71. The lowest BCUT2D eigenvalue weighted by molar-refractivity contribution is -0.133. The molecular weight excluding hydrogens is 302 g/mol. The zero-order valence-electron chi connectivity index (χ0n) is 14.7. The molecule has 1 aromatic heterocycles. The number of fused-ring (bicyclic) bond motifs is 1. The molecule has 0 N–H and O–H groups in total. The van der Waals surface area contributed by atoms with E-state index in [2.05, 4.69) is 11.8 Å². The molecule has 0 atom stereocenters. The number of hydrogen-bond donors (Lipinski definition) is 0. The van der Waals surface area contributed by atoms with E-state index in [1.54, 1.807) is 12.3 Å². The van der Waals surface area contributed by atoms with Gasteiger partial charge in [0, 0.05) is 43.8 Å². The molecule has 1 aromatic carbocycles. The highest BCUT2D eigenvalue weighted by Crippen LogP contribution is 2.17. The van der Waals surface area contributed by atoms with Crippen molar-refractivity contribution in [3.63, 3.8) is 0 Å². The Labute approximate surface area is 142 Å². The van der Waals surface area contributed by atoms with Gasteiger partial charge in [0.1, 0.15) is 6.54 Å². The summed E-state index contributed by atoms with van der Waals surface area (Å²) in [5.74, 6) is 0.120. The van der Waals surface area contributed by atoms with Gasteiger partial charge in [-0.2, -0.15) is 0 Å². The number of nitrogens with zero attached hydrogens (tertiary/aromatic N) is 3. The first-order valence-electron chi connectivity index (χ1n) is 8.60. The van der Waals surface area contributed by atoms with Gasteiger partial charge in [0.15, 0.2) is 5.43 Å².